The molecule has 0 aliphatic heterocycles. The summed E-state index contributed by atoms with van der Waals surface area (Å²) < 4.78 is 39.9. The molecule has 0 aliphatic rings. The van der Waals surface area contributed by atoms with Crippen LogP contribution in [0.2, 0.25) is 0 Å². The molecule has 10 heteroatoms. The second kappa shape index (κ2) is 9.79. The number of hydrogen-bond donors (Lipinski definition) is 2. The topological polar surface area (TPSA) is 67.1 Å². The van der Waals surface area contributed by atoms with Crippen LogP contribution in [0.15, 0.2) is 72.0 Å². The fraction of sp³-hybridized carbons (Fsp3) is 0.100. The fourth-order valence-corrected chi connectivity index (χ4v) is 2.62. The Morgan fingerprint density at radius 2 is 1.93 bits per heavy atom. The lowest BCUT2D eigenvalue weighted by atomic mass is 10.2. The number of aromatic nitrogens is 3. The van der Waals surface area contributed by atoms with Crippen molar-refractivity contribution in [2.24, 2.45) is 5.10 Å². The molecule has 3 rings (SSSR count). The zero-order valence-electron chi connectivity index (χ0n) is 15.5. The molecule has 2 aromatic carbocycles. The zero-order chi connectivity index (χ0) is 21.4. The summed E-state index contributed by atoms with van der Waals surface area (Å²) in [6.07, 6.45) is 2.17. The molecule has 0 bridgehead atoms. The number of anilines is 1. The molecule has 1 heterocycles. The Labute approximate surface area is 176 Å². The third-order valence-electron chi connectivity index (χ3n) is 3.79. The monoisotopic (exact) mass is 430 g/mol. The fourth-order valence-electron chi connectivity index (χ4n) is 2.45. The molecule has 0 radical (unpaired) electrons. The van der Waals surface area contributed by atoms with E-state index in [1.807, 2.05) is 30.3 Å². The number of hydrazone groups is 1. The van der Waals surface area contributed by atoms with Crippen molar-refractivity contribution >= 4 is 35.3 Å². The number of halogens is 3. The molecule has 1 aromatic heterocycles. The summed E-state index contributed by atoms with van der Waals surface area (Å²) in [7, 11) is 0. The second-order valence-electron chi connectivity index (χ2n) is 6.11. The molecule has 154 valence electrons. The van der Waals surface area contributed by atoms with Gasteiger partial charge in [-0.3, -0.25) is 5.43 Å². The normalized spacial score (nSPS) is 11.8. The predicted molar refractivity (Wildman–Crippen MR) is 114 cm³/mol. The summed E-state index contributed by atoms with van der Waals surface area (Å²) in [5, 5.41) is 14.7. The van der Waals surface area contributed by atoms with Gasteiger partial charge in [0.25, 0.3) is 0 Å². The lowest BCUT2D eigenvalue weighted by Gasteiger charge is -2.10. The van der Waals surface area contributed by atoms with Crippen molar-refractivity contribution in [3.8, 4) is 0 Å². The van der Waals surface area contributed by atoms with Crippen molar-refractivity contribution in [2.45, 2.75) is 12.7 Å². The Morgan fingerprint density at radius 1 is 1.13 bits per heavy atom. The molecule has 0 aliphatic carbocycles. The number of alkyl halides is 3. The second-order valence-corrected chi connectivity index (χ2v) is 6.52. The highest BCUT2D eigenvalue weighted by atomic mass is 32.1. The molecule has 0 saturated heterocycles. The van der Waals surface area contributed by atoms with Crippen molar-refractivity contribution in [3.63, 3.8) is 0 Å². The summed E-state index contributed by atoms with van der Waals surface area (Å²) in [6.45, 7) is 0.618. The van der Waals surface area contributed by atoms with Gasteiger partial charge in [-0.2, -0.15) is 18.3 Å². The highest BCUT2D eigenvalue weighted by molar-refractivity contribution is 7.80. The number of allylic oxidation sites excluding steroid dienone is 1. The smallest absolute Gasteiger partial charge is 0.331 e. The van der Waals surface area contributed by atoms with Crippen molar-refractivity contribution in [1.82, 2.24) is 20.4 Å². The SMILES string of the molecule is FC(F)(F)c1cccc(NC(=S)N/N=C/C=C/c2cn(Cc3ccccc3)nn2)c1. The summed E-state index contributed by atoms with van der Waals surface area (Å²) in [5.41, 5.74) is 3.75. The van der Waals surface area contributed by atoms with Crippen LogP contribution in [0.3, 0.4) is 0 Å². The lowest BCUT2D eigenvalue weighted by Crippen LogP contribution is -2.23. The molecule has 6 nitrogen and oxygen atoms in total. The highest BCUT2D eigenvalue weighted by Gasteiger charge is 2.30. The van der Waals surface area contributed by atoms with Crippen LogP contribution >= 0.6 is 12.2 Å². The summed E-state index contributed by atoms with van der Waals surface area (Å²) in [6, 6.07) is 14.6. The zero-order valence-corrected chi connectivity index (χ0v) is 16.4. The van der Waals surface area contributed by atoms with Crippen molar-refractivity contribution in [3.05, 3.63) is 83.7 Å². The van der Waals surface area contributed by atoms with Gasteiger partial charge in [0.1, 0.15) is 5.69 Å². The minimum Gasteiger partial charge on any atom is -0.331 e. The van der Waals surface area contributed by atoms with E-state index in [0.29, 0.717) is 12.2 Å². The largest absolute Gasteiger partial charge is 0.416 e. The molecule has 3 aromatic rings. The van der Waals surface area contributed by atoms with E-state index in [1.165, 1.54) is 18.3 Å². The van der Waals surface area contributed by atoms with Gasteiger partial charge in [-0.1, -0.05) is 41.6 Å². The number of nitrogens with one attached hydrogen (secondary N) is 2. The first-order valence-electron chi connectivity index (χ1n) is 8.78. The molecule has 0 unspecified atom stereocenters. The predicted octanol–water partition coefficient (Wildman–Crippen LogP) is 4.33. The van der Waals surface area contributed by atoms with E-state index < -0.39 is 11.7 Å². The molecule has 0 atom stereocenters. The van der Waals surface area contributed by atoms with Crippen molar-refractivity contribution in [2.75, 3.05) is 5.32 Å². The van der Waals surface area contributed by atoms with Crippen LogP contribution in [0, 0.1) is 0 Å². The molecule has 2 N–H and O–H groups in total. The first-order chi connectivity index (χ1) is 14.4. The maximum absolute atomic E-state index is 12.7. The number of thiocarbonyl (C=S) groups is 1. The van der Waals surface area contributed by atoms with Gasteiger partial charge in [0, 0.05) is 11.9 Å². The lowest BCUT2D eigenvalue weighted by molar-refractivity contribution is -0.137. The summed E-state index contributed by atoms with van der Waals surface area (Å²) >= 11 is 5.01. The Kier molecular flexibility index (Phi) is 6.91. The molecule has 30 heavy (non-hydrogen) atoms. The van der Waals surface area contributed by atoms with E-state index in [1.54, 1.807) is 23.0 Å². The molecular formula is C20H17F3N6S. The molecule has 0 saturated carbocycles. The van der Waals surface area contributed by atoms with Gasteiger partial charge >= 0.3 is 6.18 Å². The van der Waals surface area contributed by atoms with Crippen LogP contribution in [-0.2, 0) is 12.7 Å². The molecule has 0 spiro atoms. The van der Waals surface area contributed by atoms with E-state index in [4.69, 9.17) is 12.2 Å². The third kappa shape index (κ3) is 6.52. The Bertz CT molecular complexity index is 1040. The van der Waals surface area contributed by atoms with E-state index in [2.05, 4.69) is 26.2 Å². The number of nitrogens with zero attached hydrogens (tertiary/aromatic N) is 4. The number of hydrogen-bond acceptors (Lipinski definition) is 4. The average molecular weight is 430 g/mol. The van der Waals surface area contributed by atoms with Crippen LogP contribution in [-0.4, -0.2) is 26.3 Å². The van der Waals surface area contributed by atoms with Crippen LogP contribution in [0.4, 0.5) is 18.9 Å². The van der Waals surface area contributed by atoms with Crippen LogP contribution in [0.5, 0.6) is 0 Å². The number of rotatable bonds is 6. The third-order valence-corrected chi connectivity index (χ3v) is 3.98. The Morgan fingerprint density at radius 3 is 2.70 bits per heavy atom. The van der Waals surface area contributed by atoms with Crippen molar-refractivity contribution < 1.29 is 13.2 Å². The van der Waals surface area contributed by atoms with Crippen LogP contribution < -0.4 is 10.7 Å². The standard InChI is InChI=1S/C20H17F3N6S/c21-20(22,23)16-8-4-9-17(12-16)25-19(30)27-24-11-5-10-18-14-29(28-26-18)13-15-6-2-1-3-7-15/h1-12,14H,13H2,(H2,25,27,30)/b10-5+,24-11+. The Balaban J connectivity index is 1.47. The molecule has 0 amide bonds. The first kappa shape index (κ1) is 21.2. The minimum atomic E-state index is -4.42. The van der Waals surface area contributed by atoms with Crippen LogP contribution in [0.25, 0.3) is 6.08 Å². The maximum atomic E-state index is 12.7. The highest BCUT2D eigenvalue weighted by Crippen LogP contribution is 2.30. The van der Waals surface area contributed by atoms with Gasteiger partial charge in [-0.15, -0.1) is 5.10 Å². The van der Waals surface area contributed by atoms with Crippen molar-refractivity contribution in [1.29, 1.82) is 0 Å². The maximum Gasteiger partial charge on any atom is 0.416 e. The molecular weight excluding hydrogens is 413 g/mol. The minimum absolute atomic E-state index is 0.0628. The first-order valence-corrected chi connectivity index (χ1v) is 9.19. The van der Waals surface area contributed by atoms with E-state index in [9.17, 15) is 13.2 Å². The van der Waals surface area contributed by atoms with Gasteiger partial charge in [-0.25, -0.2) is 4.68 Å². The van der Waals surface area contributed by atoms with E-state index >= 15 is 0 Å². The van der Waals surface area contributed by atoms with Gasteiger partial charge < -0.3 is 5.32 Å². The average Bonchev–Trinajstić information content (AvgIpc) is 3.15. The molecule has 0 fully saturated rings. The van der Waals surface area contributed by atoms with Gasteiger partial charge in [0.15, 0.2) is 5.11 Å². The van der Waals surface area contributed by atoms with E-state index in [-0.39, 0.29) is 10.8 Å². The van der Waals surface area contributed by atoms with Gasteiger partial charge in [-0.05, 0) is 48.1 Å². The van der Waals surface area contributed by atoms with E-state index in [0.717, 1.165) is 17.7 Å². The quantitative estimate of drug-likeness (QED) is 0.346. The summed E-state index contributed by atoms with van der Waals surface area (Å²) in [5.74, 6) is 0. The summed E-state index contributed by atoms with van der Waals surface area (Å²) in [4.78, 5) is 0. The van der Waals surface area contributed by atoms with Gasteiger partial charge in [0.05, 0.1) is 18.3 Å². The van der Waals surface area contributed by atoms with Crippen LogP contribution in [0.1, 0.15) is 16.8 Å². The Hall–Kier alpha value is -3.53. The van der Waals surface area contributed by atoms with Gasteiger partial charge in [0.2, 0.25) is 0 Å². The number of benzene rings is 2.